The Hall–Kier alpha value is -0.960. The number of hydrogen-bond acceptors (Lipinski definition) is 3. The largest absolute Gasteiger partial charge is 0.312 e. The molecule has 2 fully saturated rings. The molecule has 3 heteroatoms. The van der Waals surface area contributed by atoms with Crippen molar-refractivity contribution in [3.05, 3.63) is 24.3 Å². The minimum absolute atomic E-state index is 0.382. The van der Waals surface area contributed by atoms with Crippen molar-refractivity contribution in [2.75, 3.05) is 7.05 Å². The van der Waals surface area contributed by atoms with Crippen LogP contribution in [-0.4, -0.2) is 17.0 Å². The number of nitrogens with one attached hydrogen (secondary N) is 1. The van der Waals surface area contributed by atoms with Gasteiger partial charge in [-0.2, -0.15) is 0 Å². The van der Waals surface area contributed by atoms with Gasteiger partial charge < -0.3 is 5.32 Å². The summed E-state index contributed by atoms with van der Waals surface area (Å²) < 4.78 is 0. The van der Waals surface area contributed by atoms with Gasteiger partial charge in [-0.3, -0.25) is 9.97 Å². The van der Waals surface area contributed by atoms with Crippen LogP contribution < -0.4 is 5.32 Å². The molecule has 2 aliphatic carbocycles. The average Bonchev–Trinajstić information content (AvgIpc) is 2.99. The maximum absolute atomic E-state index is 4.43. The minimum atomic E-state index is 0.382. The predicted octanol–water partition coefficient (Wildman–Crippen LogP) is 2.56. The van der Waals surface area contributed by atoms with Gasteiger partial charge in [-0.15, -0.1) is 0 Å². The fourth-order valence-corrected chi connectivity index (χ4v) is 3.84. The van der Waals surface area contributed by atoms with Crippen molar-refractivity contribution in [1.29, 1.82) is 0 Å². The molecule has 2 aliphatic rings. The summed E-state index contributed by atoms with van der Waals surface area (Å²) in [6.45, 7) is 0. The summed E-state index contributed by atoms with van der Waals surface area (Å²) in [7, 11) is 2.03. The molecule has 0 aliphatic heterocycles. The molecular weight excluding hydrogens is 210 g/mol. The third-order valence-corrected chi connectivity index (χ3v) is 4.71. The Morgan fingerprint density at radius 2 is 2.29 bits per heavy atom. The first kappa shape index (κ1) is 11.1. The number of rotatable bonds is 4. The van der Waals surface area contributed by atoms with Gasteiger partial charge in [0.15, 0.2) is 0 Å². The normalized spacial score (nSPS) is 32.9. The molecule has 2 saturated carbocycles. The maximum atomic E-state index is 4.43. The Morgan fingerprint density at radius 3 is 2.88 bits per heavy atom. The van der Waals surface area contributed by atoms with Crippen LogP contribution in [0.25, 0.3) is 0 Å². The summed E-state index contributed by atoms with van der Waals surface area (Å²) in [5, 5.41) is 3.40. The molecule has 1 N–H and O–H groups in total. The van der Waals surface area contributed by atoms with Crippen molar-refractivity contribution in [3.8, 4) is 0 Å². The van der Waals surface area contributed by atoms with Crippen molar-refractivity contribution in [1.82, 2.24) is 15.3 Å². The third kappa shape index (κ3) is 2.21. The lowest BCUT2D eigenvalue weighted by atomic mass is 9.83. The Kier molecular flexibility index (Phi) is 3.10. The van der Waals surface area contributed by atoms with Crippen LogP contribution in [0.4, 0.5) is 0 Å². The van der Waals surface area contributed by atoms with Gasteiger partial charge in [0.25, 0.3) is 0 Å². The molecule has 92 valence electrons. The highest BCUT2D eigenvalue weighted by atomic mass is 14.9. The van der Waals surface area contributed by atoms with E-state index in [2.05, 4.69) is 15.3 Å². The zero-order valence-corrected chi connectivity index (χ0v) is 10.5. The molecule has 0 radical (unpaired) electrons. The van der Waals surface area contributed by atoms with E-state index < -0.39 is 0 Å². The Labute approximate surface area is 103 Å². The quantitative estimate of drug-likeness (QED) is 0.865. The summed E-state index contributed by atoms with van der Waals surface area (Å²) in [5.41, 5.74) is 1.10. The van der Waals surface area contributed by atoms with Gasteiger partial charge in [-0.05, 0) is 50.5 Å². The van der Waals surface area contributed by atoms with Crippen LogP contribution in [0.1, 0.15) is 43.8 Å². The summed E-state index contributed by atoms with van der Waals surface area (Å²) in [4.78, 5) is 8.60. The molecule has 1 aromatic rings. The molecular formula is C14H21N3. The Morgan fingerprint density at radius 1 is 1.35 bits per heavy atom. The highest BCUT2D eigenvalue weighted by Crippen LogP contribution is 2.50. The second-order valence-electron chi connectivity index (χ2n) is 5.64. The van der Waals surface area contributed by atoms with Gasteiger partial charge in [-0.25, -0.2) is 0 Å². The zero-order chi connectivity index (χ0) is 11.7. The third-order valence-electron chi connectivity index (χ3n) is 4.71. The highest BCUT2D eigenvalue weighted by Gasteiger charge is 2.40. The van der Waals surface area contributed by atoms with E-state index in [-0.39, 0.29) is 0 Å². The Bertz CT molecular complexity index is 365. The molecule has 4 atom stereocenters. The summed E-state index contributed by atoms with van der Waals surface area (Å²) in [5.74, 6) is 2.94. The fraction of sp³-hybridized carbons (Fsp3) is 0.714. The van der Waals surface area contributed by atoms with Crippen LogP contribution in [0.3, 0.4) is 0 Å². The van der Waals surface area contributed by atoms with Crippen molar-refractivity contribution in [2.45, 2.75) is 38.1 Å². The van der Waals surface area contributed by atoms with Crippen LogP contribution >= 0.6 is 0 Å². The highest BCUT2D eigenvalue weighted by molar-refractivity contribution is 5.04. The van der Waals surface area contributed by atoms with Gasteiger partial charge in [0.2, 0.25) is 0 Å². The first-order valence-corrected chi connectivity index (χ1v) is 6.80. The fourth-order valence-electron chi connectivity index (χ4n) is 3.84. The number of aromatic nitrogens is 2. The molecule has 2 bridgehead atoms. The lowest BCUT2D eigenvalue weighted by molar-refractivity contribution is 0.282. The van der Waals surface area contributed by atoms with Gasteiger partial charge in [0.1, 0.15) is 0 Å². The van der Waals surface area contributed by atoms with E-state index in [1.165, 1.54) is 32.1 Å². The zero-order valence-electron chi connectivity index (χ0n) is 10.5. The number of nitrogens with zero attached hydrogens (tertiary/aromatic N) is 2. The van der Waals surface area contributed by atoms with Gasteiger partial charge in [0.05, 0.1) is 11.7 Å². The van der Waals surface area contributed by atoms with E-state index in [9.17, 15) is 0 Å². The van der Waals surface area contributed by atoms with E-state index in [4.69, 9.17) is 0 Å². The molecule has 0 amide bonds. The molecule has 3 nitrogen and oxygen atoms in total. The molecule has 0 aromatic carbocycles. The first-order valence-electron chi connectivity index (χ1n) is 6.80. The van der Waals surface area contributed by atoms with Crippen molar-refractivity contribution >= 4 is 0 Å². The summed E-state index contributed by atoms with van der Waals surface area (Å²) >= 11 is 0. The van der Waals surface area contributed by atoms with E-state index in [0.29, 0.717) is 6.04 Å². The van der Waals surface area contributed by atoms with Gasteiger partial charge in [0, 0.05) is 18.6 Å². The van der Waals surface area contributed by atoms with Crippen LogP contribution in [0.5, 0.6) is 0 Å². The molecule has 3 rings (SSSR count). The van der Waals surface area contributed by atoms with Crippen LogP contribution in [-0.2, 0) is 0 Å². The average molecular weight is 231 g/mol. The van der Waals surface area contributed by atoms with E-state index in [0.717, 1.165) is 23.4 Å². The van der Waals surface area contributed by atoms with Crippen LogP contribution in [0, 0.1) is 17.8 Å². The molecule has 1 aromatic heterocycles. The van der Waals surface area contributed by atoms with Crippen LogP contribution in [0.15, 0.2) is 18.6 Å². The Balaban J connectivity index is 1.67. The molecule has 1 heterocycles. The second kappa shape index (κ2) is 4.73. The summed E-state index contributed by atoms with van der Waals surface area (Å²) in [6, 6.07) is 0.382. The van der Waals surface area contributed by atoms with Crippen molar-refractivity contribution < 1.29 is 0 Å². The maximum Gasteiger partial charge on any atom is 0.0756 e. The monoisotopic (exact) mass is 231 g/mol. The minimum Gasteiger partial charge on any atom is -0.312 e. The standard InChI is InChI=1S/C14H21N3/c1-15-13(14-9-16-4-5-17-14)8-12-7-10-2-3-11(12)6-10/h4-5,9-13,15H,2-3,6-8H2,1H3. The van der Waals surface area contributed by atoms with Gasteiger partial charge in [-0.1, -0.05) is 6.42 Å². The molecule has 17 heavy (non-hydrogen) atoms. The van der Waals surface area contributed by atoms with Crippen LogP contribution in [0.2, 0.25) is 0 Å². The topological polar surface area (TPSA) is 37.8 Å². The second-order valence-corrected chi connectivity index (χ2v) is 5.64. The number of fused-ring (bicyclic) bond motifs is 2. The SMILES string of the molecule is CNC(CC1CC2CCC1C2)c1cnccn1. The molecule has 0 saturated heterocycles. The van der Waals surface area contributed by atoms with E-state index in [1.54, 1.807) is 12.4 Å². The lowest BCUT2D eigenvalue weighted by Gasteiger charge is -2.26. The van der Waals surface area contributed by atoms with Gasteiger partial charge >= 0.3 is 0 Å². The van der Waals surface area contributed by atoms with Crippen molar-refractivity contribution in [2.24, 2.45) is 17.8 Å². The van der Waals surface area contributed by atoms with Crippen molar-refractivity contribution in [3.63, 3.8) is 0 Å². The smallest absolute Gasteiger partial charge is 0.0756 e. The molecule has 0 spiro atoms. The van der Waals surface area contributed by atoms with E-state index >= 15 is 0 Å². The van der Waals surface area contributed by atoms with E-state index in [1.807, 2.05) is 13.2 Å². The number of hydrogen-bond donors (Lipinski definition) is 1. The lowest BCUT2D eigenvalue weighted by Crippen LogP contribution is -2.23. The first-order chi connectivity index (χ1) is 8.36. The predicted molar refractivity (Wildman–Crippen MR) is 67.4 cm³/mol. The molecule has 4 unspecified atom stereocenters. The summed E-state index contributed by atoms with van der Waals surface area (Å²) in [6.07, 6.45) is 12.5.